The molecule has 2 aromatic rings. The molecule has 0 radical (unpaired) electrons. The molecule has 0 bridgehead atoms. The maximum Gasteiger partial charge on any atom is 0.0608 e. The molecule has 0 spiro atoms. The molecule has 3 N–H and O–H groups in total. The predicted octanol–water partition coefficient (Wildman–Crippen LogP) is 5.12. The first-order chi connectivity index (χ1) is 10.9. The molecule has 0 aliphatic carbocycles. The number of hydrogen-bond acceptors (Lipinski definition) is 3. The molecule has 0 aromatic heterocycles. The number of benzene rings is 2. The van der Waals surface area contributed by atoms with E-state index in [9.17, 15) is 5.11 Å². The van der Waals surface area contributed by atoms with Gasteiger partial charge in [0, 0.05) is 20.4 Å². The summed E-state index contributed by atoms with van der Waals surface area (Å²) in [5.74, 6) is 0. The van der Waals surface area contributed by atoms with Crippen LogP contribution in [0.15, 0.2) is 52.3 Å². The van der Waals surface area contributed by atoms with E-state index in [2.05, 4.69) is 43.3 Å². The summed E-state index contributed by atoms with van der Waals surface area (Å²) in [5.41, 5.74) is 7.83. The van der Waals surface area contributed by atoms with Crippen molar-refractivity contribution >= 4 is 35.8 Å². The van der Waals surface area contributed by atoms with E-state index in [1.165, 1.54) is 10.5 Å². The van der Waals surface area contributed by atoms with Crippen molar-refractivity contribution in [2.24, 2.45) is 5.73 Å². The van der Waals surface area contributed by atoms with Gasteiger partial charge in [0.25, 0.3) is 0 Å². The molecule has 0 aliphatic heterocycles. The maximum atomic E-state index is 9.23. The van der Waals surface area contributed by atoms with Gasteiger partial charge in [0.1, 0.15) is 0 Å². The summed E-state index contributed by atoms with van der Waals surface area (Å²) in [7, 11) is 0. The second-order valence-electron chi connectivity index (χ2n) is 6.17. The highest BCUT2D eigenvalue weighted by atomic mass is 35.5. The third kappa shape index (κ3) is 6.30. The van der Waals surface area contributed by atoms with Crippen molar-refractivity contribution < 1.29 is 5.11 Å². The summed E-state index contributed by atoms with van der Waals surface area (Å²) in [5, 5.41) is 9.99. The summed E-state index contributed by atoms with van der Waals surface area (Å²) in [6, 6.07) is 14.7. The zero-order valence-corrected chi connectivity index (χ0v) is 16.5. The van der Waals surface area contributed by atoms with Crippen LogP contribution >= 0.6 is 35.8 Å². The van der Waals surface area contributed by atoms with Crippen LogP contribution in [-0.2, 0) is 12.8 Å². The average molecular weight is 386 g/mol. The van der Waals surface area contributed by atoms with Crippen LogP contribution in [0.4, 0.5) is 0 Å². The summed E-state index contributed by atoms with van der Waals surface area (Å²) >= 11 is 8.13. The Bertz CT molecular complexity index is 662. The van der Waals surface area contributed by atoms with Crippen LogP contribution in [0.25, 0.3) is 0 Å². The Morgan fingerprint density at radius 3 is 2.50 bits per heavy atom. The molecule has 0 saturated heterocycles. The van der Waals surface area contributed by atoms with Gasteiger partial charge >= 0.3 is 0 Å². The molecule has 0 unspecified atom stereocenters. The number of hydrogen-bond donors (Lipinski definition) is 2. The first-order valence-corrected chi connectivity index (χ1v) is 9.08. The van der Waals surface area contributed by atoms with Crippen molar-refractivity contribution in [2.75, 3.05) is 6.61 Å². The minimum atomic E-state index is -0.558. The fourth-order valence-electron chi connectivity index (χ4n) is 2.26. The number of aliphatic hydroxyl groups is 1. The minimum Gasteiger partial charge on any atom is -0.394 e. The number of halogens is 2. The van der Waals surface area contributed by atoms with E-state index in [0.29, 0.717) is 6.42 Å². The largest absolute Gasteiger partial charge is 0.394 e. The first-order valence-electron chi connectivity index (χ1n) is 7.88. The lowest BCUT2D eigenvalue weighted by Gasteiger charge is -2.21. The Morgan fingerprint density at radius 1 is 1.17 bits per heavy atom. The van der Waals surface area contributed by atoms with Gasteiger partial charge in [0.15, 0.2) is 0 Å². The number of nitrogens with two attached hydrogens (primary N) is 1. The van der Waals surface area contributed by atoms with Crippen LogP contribution in [0.2, 0.25) is 5.02 Å². The quantitative estimate of drug-likeness (QED) is 0.695. The van der Waals surface area contributed by atoms with Crippen molar-refractivity contribution in [3.63, 3.8) is 0 Å². The maximum absolute atomic E-state index is 9.23. The third-order valence-corrected chi connectivity index (χ3v) is 5.22. The highest BCUT2D eigenvalue weighted by Crippen LogP contribution is 2.32. The van der Waals surface area contributed by atoms with Gasteiger partial charge in [-0.15, -0.1) is 12.4 Å². The summed E-state index contributed by atoms with van der Waals surface area (Å²) in [6.07, 6.45) is 2.51. The number of aryl methyl sites for hydroxylation is 2. The van der Waals surface area contributed by atoms with Crippen LogP contribution < -0.4 is 5.73 Å². The van der Waals surface area contributed by atoms with Crippen molar-refractivity contribution in [1.82, 2.24) is 0 Å². The fourth-order valence-corrected chi connectivity index (χ4v) is 3.54. The lowest BCUT2D eigenvalue weighted by Crippen LogP contribution is -2.40. The second-order valence-corrected chi connectivity index (χ2v) is 7.72. The Hall–Kier alpha value is -0.710. The highest BCUT2D eigenvalue weighted by Gasteiger charge is 2.17. The molecule has 0 heterocycles. The number of rotatable bonds is 7. The van der Waals surface area contributed by atoms with Gasteiger partial charge in [-0.2, -0.15) is 0 Å². The lowest BCUT2D eigenvalue weighted by atomic mass is 9.95. The van der Waals surface area contributed by atoms with Crippen LogP contribution in [-0.4, -0.2) is 17.3 Å². The molecule has 5 heteroatoms. The van der Waals surface area contributed by atoms with Gasteiger partial charge in [-0.1, -0.05) is 48.5 Å². The molecular formula is C19H25Cl2NOS. The van der Waals surface area contributed by atoms with Gasteiger partial charge in [0.05, 0.1) is 6.61 Å². The van der Waals surface area contributed by atoms with Crippen molar-refractivity contribution in [2.45, 2.75) is 48.4 Å². The summed E-state index contributed by atoms with van der Waals surface area (Å²) < 4.78 is 0. The monoisotopic (exact) mass is 385 g/mol. The van der Waals surface area contributed by atoms with E-state index < -0.39 is 5.54 Å². The lowest BCUT2D eigenvalue weighted by molar-refractivity contribution is 0.200. The molecule has 0 saturated carbocycles. The van der Waals surface area contributed by atoms with E-state index in [0.717, 1.165) is 28.3 Å². The van der Waals surface area contributed by atoms with Crippen LogP contribution in [0.1, 0.15) is 31.4 Å². The van der Waals surface area contributed by atoms with Gasteiger partial charge in [0.2, 0.25) is 0 Å². The second kappa shape index (κ2) is 9.69. The van der Waals surface area contributed by atoms with Crippen LogP contribution in [0.3, 0.4) is 0 Å². The van der Waals surface area contributed by atoms with Crippen molar-refractivity contribution in [3.05, 3.63) is 58.6 Å². The molecule has 0 fully saturated rings. The third-order valence-electron chi connectivity index (χ3n) is 3.89. The van der Waals surface area contributed by atoms with Gasteiger partial charge in [-0.3, -0.25) is 0 Å². The van der Waals surface area contributed by atoms with Crippen LogP contribution in [0, 0.1) is 0 Å². The van der Waals surface area contributed by atoms with E-state index in [-0.39, 0.29) is 19.0 Å². The Kier molecular flexibility index (Phi) is 8.61. The van der Waals surface area contributed by atoms with E-state index in [1.54, 1.807) is 11.8 Å². The summed E-state index contributed by atoms with van der Waals surface area (Å²) in [6.45, 7) is 3.99. The minimum absolute atomic E-state index is 0. The molecule has 132 valence electrons. The number of aliphatic hydroxyl groups excluding tert-OH is 1. The Labute approximate surface area is 160 Å². The zero-order valence-electron chi connectivity index (χ0n) is 14.1. The molecular weight excluding hydrogens is 361 g/mol. The normalized spacial score (nSPS) is 13.2. The zero-order chi connectivity index (χ0) is 16.9. The summed E-state index contributed by atoms with van der Waals surface area (Å²) in [4.78, 5) is 2.35. The van der Waals surface area contributed by atoms with Crippen molar-refractivity contribution in [3.8, 4) is 0 Å². The standard InChI is InChI=1S/C19H24ClNOS.ClH/c1-3-14-5-4-6-16(11-14)23-17-8-7-15(18(20)12-17)9-10-19(2,21)13-22;/h4-8,11-12,22H,3,9-10,13,21H2,1-2H3;1H/t19-;/m1./s1. The molecule has 0 amide bonds. The van der Waals surface area contributed by atoms with Gasteiger partial charge in [-0.05, 0) is 61.6 Å². The molecule has 24 heavy (non-hydrogen) atoms. The highest BCUT2D eigenvalue weighted by molar-refractivity contribution is 7.99. The molecule has 2 nitrogen and oxygen atoms in total. The van der Waals surface area contributed by atoms with E-state index in [1.807, 2.05) is 13.0 Å². The van der Waals surface area contributed by atoms with Crippen LogP contribution in [0.5, 0.6) is 0 Å². The predicted molar refractivity (Wildman–Crippen MR) is 107 cm³/mol. The Balaban J connectivity index is 0.00000288. The smallest absolute Gasteiger partial charge is 0.0608 e. The van der Waals surface area contributed by atoms with Crippen molar-refractivity contribution in [1.29, 1.82) is 0 Å². The molecule has 1 atom stereocenters. The van der Waals surface area contributed by atoms with E-state index in [4.69, 9.17) is 17.3 Å². The van der Waals surface area contributed by atoms with Gasteiger partial charge < -0.3 is 10.8 Å². The average Bonchev–Trinajstić information content (AvgIpc) is 2.54. The molecule has 0 aliphatic rings. The van der Waals surface area contributed by atoms with Gasteiger partial charge in [-0.25, -0.2) is 0 Å². The van der Waals surface area contributed by atoms with E-state index >= 15 is 0 Å². The topological polar surface area (TPSA) is 46.2 Å². The molecule has 2 rings (SSSR count). The molecule has 2 aromatic carbocycles. The Morgan fingerprint density at radius 2 is 1.88 bits per heavy atom. The first kappa shape index (κ1) is 21.3. The fraction of sp³-hybridized carbons (Fsp3) is 0.368. The SMILES string of the molecule is CCc1cccc(Sc2ccc(CC[C@@](C)(N)CO)c(Cl)c2)c1.Cl.